The molecule has 0 radical (unpaired) electrons. The van der Waals surface area contributed by atoms with Gasteiger partial charge in [-0.3, -0.25) is 9.53 Å². The van der Waals surface area contributed by atoms with Gasteiger partial charge in [0.2, 0.25) is 5.91 Å². The van der Waals surface area contributed by atoms with Gasteiger partial charge in [0.25, 0.3) is 0 Å². The fraction of sp³-hybridized carbons (Fsp3) is 0.579. The van der Waals surface area contributed by atoms with Crippen LogP contribution in [0.15, 0.2) is 24.3 Å². The molecular formula is C19H19ClF3N5O3. The van der Waals surface area contributed by atoms with Gasteiger partial charge in [-0.2, -0.15) is 0 Å². The largest absolute Gasteiger partial charge is 0.522 e. The number of benzene rings is 1. The summed E-state index contributed by atoms with van der Waals surface area (Å²) >= 11 is 5.90. The summed E-state index contributed by atoms with van der Waals surface area (Å²) in [5.74, 6) is 0.381. The minimum absolute atomic E-state index is 0.135. The van der Waals surface area contributed by atoms with Crippen molar-refractivity contribution in [1.29, 1.82) is 0 Å². The van der Waals surface area contributed by atoms with Gasteiger partial charge in [0.05, 0.1) is 17.9 Å². The SMILES string of the molecule is O=C(CO[C@H]1C[C@@H](OC(F)(F)F)C1)NC12CC(c3nnn(-c4ccc(Cl)cc4)n3)(C1)C2. The van der Waals surface area contributed by atoms with Crippen molar-refractivity contribution < 1.29 is 27.4 Å². The van der Waals surface area contributed by atoms with Gasteiger partial charge in [0, 0.05) is 28.8 Å². The Labute approximate surface area is 180 Å². The molecule has 0 aliphatic heterocycles. The molecule has 166 valence electrons. The quantitative estimate of drug-likeness (QED) is 0.687. The zero-order valence-electron chi connectivity index (χ0n) is 16.2. The average molecular weight is 458 g/mol. The maximum atomic E-state index is 12.2. The van der Waals surface area contributed by atoms with E-state index in [0.717, 1.165) is 24.9 Å². The van der Waals surface area contributed by atoms with Crippen molar-refractivity contribution in [3.05, 3.63) is 35.1 Å². The molecule has 0 saturated heterocycles. The van der Waals surface area contributed by atoms with Gasteiger partial charge in [-0.1, -0.05) is 11.6 Å². The summed E-state index contributed by atoms with van der Waals surface area (Å²) in [5, 5.41) is 16.4. The standard InChI is InChI=1S/C19H19ClF3N5O3/c20-11-1-3-12(4-2-11)28-26-16(25-27-28)17-8-18(9-17,10-17)24-15(29)7-30-13-5-14(6-13)31-19(21,22)23/h1-4,13-14H,5-10H2,(H,24,29)/t13-,14+,17?,18?. The van der Waals surface area contributed by atoms with Crippen LogP contribution < -0.4 is 5.32 Å². The van der Waals surface area contributed by atoms with Crippen LogP contribution in [0.5, 0.6) is 0 Å². The molecule has 4 fully saturated rings. The molecule has 4 aliphatic rings. The number of rotatable bonds is 7. The number of amides is 1. The van der Waals surface area contributed by atoms with E-state index in [-0.39, 0.29) is 42.4 Å². The van der Waals surface area contributed by atoms with Gasteiger partial charge in [0.1, 0.15) is 6.61 Å². The molecule has 0 atom stereocenters. The molecule has 0 unspecified atom stereocenters. The third-order valence-electron chi connectivity index (χ3n) is 6.18. The summed E-state index contributed by atoms with van der Waals surface area (Å²) < 4.78 is 45.6. The molecule has 0 spiro atoms. The van der Waals surface area contributed by atoms with Crippen molar-refractivity contribution >= 4 is 17.5 Å². The summed E-state index contributed by atoms with van der Waals surface area (Å²) in [6.45, 7) is -0.177. The Morgan fingerprint density at radius 2 is 1.87 bits per heavy atom. The first-order valence-corrected chi connectivity index (χ1v) is 10.3. The number of hydrogen-bond donors (Lipinski definition) is 1. The number of tetrazole rings is 1. The summed E-state index contributed by atoms with van der Waals surface area (Å²) in [5.41, 5.74) is 0.302. The van der Waals surface area contributed by atoms with Crippen LogP contribution >= 0.6 is 11.6 Å². The third kappa shape index (κ3) is 4.01. The van der Waals surface area contributed by atoms with Gasteiger partial charge >= 0.3 is 6.36 Å². The van der Waals surface area contributed by atoms with Crippen LogP contribution in [0.25, 0.3) is 5.69 Å². The Morgan fingerprint density at radius 1 is 1.19 bits per heavy atom. The van der Waals surface area contributed by atoms with Gasteiger partial charge in [-0.15, -0.1) is 28.2 Å². The Kier molecular flexibility index (Phi) is 4.76. The Bertz CT molecular complexity index is 971. The van der Waals surface area contributed by atoms with E-state index in [4.69, 9.17) is 16.3 Å². The molecule has 1 aromatic heterocycles. The number of carbonyl (C=O) groups is 1. The number of nitrogens with zero attached hydrogens (tertiary/aromatic N) is 4. The lowest BCUT2D eigenvalue weighted by Gasteiger charge is -2.68. The van der Waals surface area contributed by atoms with E-state index in [0.29, 0.717) is 10.8 Å². The lowest BCUT2D eigenvalue weighted by molar-refractivity contribution is -0.357. The zero-order chi connectivity index (χ0) is 21.9. The van der Waals surface area contributed by atoms with Crippen LogP contribution in [0.2, 0.25) is 5.02 Å². The number of alkyl halides is 3. The second kappa shape index (κ2) is 7.14. The number of ether oxygens (including phenoxy) is 2. The predicted molar refractivity (Wildman–Crippen MR) is 100 cm³/mol. The lowest BCUT2D eigenvalue weighted by Crippen LogP contribution is -2.77. The number of halogens is 4. The molecule has 1 heterocycles. The molecule has 2 aromatic rings. The third-order valence-corrected chi connectivity index (χ3v) is 6.43. The highest BCUT2D eigenvalue weighted by Crippen LogP contribution is 2.66. The minimum atomic E-state index is -4.64. The Balaban J connectivity index is 1.06. The molecule has 6 rings (SSSR count). The highest BCUT2D eigenvalue weighted by molar-refractivity contribution is 6.30. The van der Waals surface area contributed by atoms with Crippen molar-refractivity contribution in [2.45, 2.75) is 61.6 Å². The van der Waals surface area contributed by atoms with Crippen molar-refractivity contribution in [3.8, 4) is 5.69 Å². The second-order valence-electron chi connectivity index (χ2n) is 8.61. The number of carbonyl (C=O) groups excluding carboxylic acids is 1. The summed E-state index contributed by atoms with van der Waals surface area (Å²) in [7, 11) is 0. The van der Waals surface area contributed by atoms with E-state index in [9.17, 15) is 18.0 Å². The van der Waals surface area contributed by atoms with Crippen LogP contribution in [-0.2, 0) is 19.7 Å². The van der Waals surface area contributed by atoms with Crippen LogP contribution in [0.4, 0.5) is 13.2 Å². The van der Waals surface area contributed by atoms with Crippen molar-refractivity contribution in [1.82, 2.24) is 25.5 Å². The van der Waals surface area contributed by atoms with Crippen LogP contribution in [0.3, 0.4) is 0 Å². The van der Waals surface area contributed by atoms with Gasteiger partial charge in [-0.05, 0) is 48.7 Å². The van der Waals surface area contributed by atoms with Gasteiger partial charge in [-0.25, -0.2) is 0 Å². The summed E-state index contributed by atoms with van der Waals surface area (Å²) in [6, 6.07) is 7.11. The van der Waals surface area contributed by atoms with E-state index in [1.807, 2.05) is 0 Å². The lowest BCUT2D eigenvalue weighted by atomic mass is 9.39. The van der Waals surface area contributed by atoms with E-state index in [1.165, 1.54) is 4.80 Å². The maximum absolute atomic E-state index is 12.2. The molecule has 1 N–H and O–H groups in total. The fourth-order valence-corrected chi connectivity index (χ4v) is 4.86. The smallest absolute Gasteiger partial charge is 0.368 e. The molecule has 12 heteroatoms. The molecule has 31 heavy (non-hydrogen) atoms. The van der Waals surface area contributed by atoms with E-state index < -0.39 is 12.5 Å². The molecule has 4 saturated carbocycles. The van der Waals surface area contributed by atoms with Crippen molar-refractivity contribution in [2.75, 3.05) is 6.61 Å². The zero-order valence-corrected chi connectivity index (χ0v) is 17.0. The first kappa shape index (κ1) is 20.7. The van der Waals surface area contributed by atoms with Crippen LogP contribution in [0, 0.1) is 0 Å². The highest BCUT2D eigenvalue weighted by Gasteiger charge is 2.71. The number of nitrogens with one attached hydrogen (secondary N) is 1. The summed E-state index contributed by atoms with van der Waals surface area (Å²) in [6.07, 6.45) is -3.47. The number of aromatic nitrogens is 4. The normalized spacial score (nSPS) is 31.4. The molecule has 1 aromatic carbocycles. The fourth-order valence-electron chi connectivity index (χ4n) is 4.73. The van der Waals surface area contributed by atoms with Crippen LogP contribution in [-0.4, -0.2) is 56.8 Å². The molecule has 1 amide bonds. The van der Waals surface area contributed by atoms with E-state index in [1.54, 1.807) is 24.3 Å². The maximum Gasteiger partial charge on any atom is 0.522 e. The highest BCUT2D eigenvalue weighted by atomic mass is 35.5. The molecule has 4 aliphatic carbocycles. The van der Waals surface area contributed by atoms with E-state index >= 15 is 0 Å². The second-order valence-corrected chi connectivity index (χ2v) is 9.04. The monoisotopic (exact) mass is 457 g/mol. The first-order valence-electron chi connectivity index (χ1n) is 9.87. The predicted octanol–water partition coefficient (Wildman–Crippen LogP) is 2.69. The van der Waals surface area contributed by atoms with Gasteiger partial charge < -0.3 is 10.1 Å². The Morgan fingerprint density at radius 3 is 2.52 bits per heavy atom. The average Bonchev–Trinajstić information content (AvgIpc) is 3.08. The molecule has 2 bridgehead atoms. The van der Waals surface area contributed by atoms with E-state index in [2.05, 4.69) is 25.5 Å². The summed E-state index contributed by atoms with van der Waals surface area (Å²) in [4.78, 5) is 13.6. The topological polar surface area (TPSA) is 91.2 Å². The Hall–Kier alpha value is -2.24. The minimum Gasteiger partial charge on any atom is -0.368 e. The molecular weight excluding hydrogens is 439 g/mol. The van der Waals surface area contributed by atoms with Gasteiger partial charge in [0.15, 0.2) is 5.82 Å². The molecule has 8 nitrogen and oxygen atoms in total. The van der Waals surface area contributed by atoms with Crippen molar-refractivity contribution in [3.63, 3.8) is 0 Å². The first-order chi connectivity index (χ1) is 14.6. The van der Waals surface area contributed by atoms with Crippen molar-refractivity contribution in [2.24, 2.45) is 0 Å². The number of hydrogen-bond acceptors (Lipinski definition) is 6. The van der Waals surface area contributed by atoms with Crippen LogP contribution in [0.1, 0.15) is 37.9 Å².